The van der Waals surface area contributed by atoms with E-state index in [0.717, 1.165) is 11.3 Å². The molecule has 0 aliphatic carbocycles. The number of ether oxygens (including phenoxy) is 1. The number of nitrogens with zero attached hydrogens (tertiary/aromatic N) is 2. The van der Waals surface area contributed by atoms with Gasteiger partial charge in [-0.1, -0.05) is 30.9 Å². The van der Waals surface area contributed by atoms with Crippen molar-refractivity contribution in [3.8, 4) is 5.75 Å². The predicted molar refractivity (Wildman–Crippen MR) is 114 cm³/mol. The van der Waals surface area contributed by atoms with Crippen LogP contribution in [0, 0.1) is 0 Å². The van der Waals surface area contributed by atoms with Crippen LogP contribution in [0.3, 0.4) is 0 Å². The third-order valence-corrected chi connectivity index (χ3v) is 5.18. The lowest BCUT2D eigenvalue weighted by atomic mass is 10.2. The Labute approximate surface area is 172 Å². The minimum absolute atomic E-state index is 0.136. The van der Waals surface area contributed by atoms with Gasteiger partial charge in [-0.25, -0.2) is 18.1 Å². The highest BCUT2D eigenvalue weighted by molar-refractivity contribution is 7.89. The lowest BCUT2D eigenvalue weighted by Gasteiger charge is -2.13. The van der Waals surface area contributed by atoms with Crippen molar-refractivity contribution in [1.82, 2.24) is 20.3 Å². The van der Waals surface area contributed by atoms with Crippen molar-refractivity contribution in [2.75, 3.05) is 26.2 Å². The Hall–Kier alpha value is -2.91. The summed E-state index contributed by atoms with van der Waals surface area (Å²) in [5, 5.41) is 6.26. The van der Waals surface area contributed by atoms with Crippen molar-refractivity contribution in [2.45, 2.75) is 18.4 Å². The summed E-state index contributed by atoms with van der Waals surface area (Å²) in [7, 11) is -3.58. The van der Waals surface area contributed by atoms with E-state index in [0.29, 0.717) is 32.2 Å². The van der Waals surface area contributed by atoms with Gasteiger partial charge in [0.2, 0.25) is 10.0 Å². The maximum absolute atomic E-state index is 12.2. The normalized spacial score (nSPS) is 11.7. The molecule has 3 N–H and O–H groups in total. The molecular formula is C20H27N5O3S. The van der Waals surface area contributed by atoms with Gasteiger partial charge in [0.25, 0.3) is 0 Å². The van der Waals surface area contributed by atoms with Gasteiger partial charge in [-0.05, 0) is 25.1 Å². The topological polar surface area (TPSA) is 105 Å². The molecule has 0 bridgehead atoms. The fraction of sp³-hybridized carbons (Fsp3) is 0.300. The van der Waals surface area contributed by atoms with Crippen LogP contribution in [0.4, 0.5) is 0 Å². The van der Waals surface area contributed by atoms with Crippen LogP contribution in [-0.4, -0.2) is 45.6 Å². The lowest BCUT2D eigenvalue weighted by Crippen LogP contribution is -2.41. The molecule has 0 atom stereocenters. The van der Waals surface area contributed by atoms with Gasteiger partial charge in [-0.3, -0.25) is 4.98 Å². The fourth-order valence-electron chi connectivity index (χ4n) is 2.39. The molecule has 0 saturated heterocycles. The van der Waals surface area contributed by atoms with Gasteiger partial charge < -0.3 is 15.4 Å². The molecule has 0 fully saturated rings. The minimum Gasteiger partial charge on any atom is -0.489 e. The number of sulfonamides is 1. The zero-order chi connectivity index (χ0) is 21.0. The van der Waals surface area contributed by atoms with Crippen molar-refractivity contribution in [1.29, 1.82) is 0 Å². The van der Waals surface area contributed by atoms with Crippen molar-refractivity contribution in [2.24, 2.45) is 4.99 Å². The molecule has 0 aliphatic heterocycles. The molecule has 2 aromatic rings. The van der Waals surface area contributed by atoms with Crippen LogP contribution in [0.15, 0.2) is 71.3 Å². The standard InChI is InChI=1S/C20H27N5O3S/c1-3-14-28-19-10-6-5-8-17(19)15-24-20(22-4-2)23-12-13-25-29(26,27)18-9-7-11-21-16-18/h3,5-11,16,25H,1,4,12-15H2,2H3,(H2,22,23,24). The van der Waals surface area contributed by atoms with Crippen molar-refractivity contribution in [3.63, 3.8) is 0 Å². The number of para-hydroxylation sites is 1. The van der Waals surface area contributed by atoms with Crippen LogP contribution in [0.2, 0.25) is 0 Å². The molecule has 1 aromatic carbocycles. The molecule has 1 aromatic heterocycles. The van der Waals surface area contributed by atoms with Crippen LogP contribution in [-0.2, 0) is 16.6 Å². The number of aliphatic imine (C=N–C) groups is 1. The molecule has 1 heterocycles. The molecule has 0 aliphatic rings. The van der Waals surface area contributed by atoms with Gasteiger partial charge in [0.15, 0.2) is 5.96 Å². The number of pyridine rings is 1. The van der Waals surface area contributed by atoms with Gasteiger partial charge in [-0.15, -0.1) is 0 Å². The largest absolute Gasteiger partial charge is 0.489 e. The Morgan fingerprint density at radius 2 is 2.03 bits per heavy atom. The second kappa shape index (κ2) is 11.8. The smallest absolute Gasteiger partial charge is 0.242 e. The van der Waals surface area contributed by atoms with Gasteiger partial charge in [0.05, 0.1) is 6.54 Å². The molecule has 29 heavy (non-hydrogen) atoms. The number of rotatable bonds is 11. The van der Waals surface area contributed by atoms with Crippen LogP contribution >= 0.6 is 0 Å². The summed E-state index contributed by atoms with van der Waals surface area (Å²) in [4.78, 5) is 8.51. The molecule has 8 nitrogen and oxygen atoms in total. The summed E-state index contributed by atoms with van der Waals surface area (Å²) >= 11 is 0. The minimum atomic E-state index is -3.58. The van der Waals surface area contributed by atoms with E-state index in [9.17, 15) is 8.42 Å². The maximum Gasteiger partial charge on any atom is 0.242 e. The van der Waals surface area contributed by atoms with Gasteiger partial charge >= 0.3 is 0 Å². The second-order valence-electron chi connectivity index (χ2n) is 5.92. The first kappa shape index (κ1) is 22.4. The Balaban J connectivity index is 1.91. The van der Waals surface area contributed by atoms with Crippen molar-refractivity contribution in [3.05, 3.63) is 67.0 Å². The summed E-state index contributed by atoms with van der Waals surface area (Å²) in [6, 6.07) is 10.8. The molecule has 0 unspecified atom stereocenters. The first-order valence-corrected chi connectivity index (χ1v) is 10.8. The number of benzene rings is 1. The maximum atomic E-state index is 12.2. The molecule has 9 heteroatoms. The third-order valence-electron chi connectivity index (χ3n) is 3.74. The molecule has 156 valence electrons. The average Bonchev–Trinajstić information content (AvgIpc) is 2.74. The molecule has 0 spiro atoms. The van der Waals surface area contributed by atoms with Crippen LogP contribution in [0.25, 0.3) is 0 Å². The number of guanidine groups is 1. The Morgan fingerprint density at radius 3 is 2.76 bits per heavy atom. The van der Waals surface area contributed by atoms with E-state index in [4.69, 9.17) is 4.74 Å². The summed E-state index contributed by atoms with van der Waals surface area (Å²) in [6.45, 7) is 7.73. The van der Waals surface area contributed by atoms with E-state index in [1.54, 1.807) is 12.1 Å². The van der Waals surface area contributed by atoms with E-state index < -0.39 is 10.0 Å². The zero-order valence-electron chi connectivity index (χ0n) is 16.5. The molecular weight excluding hydrogens is 390 g/mol. The molecule has 0 radical (unpaired) electrons. The zero-order valence-corrected chi connectivity index (χ0v) is 17.3. The highest BCUT2D eigenvalue weighted by atomic mass is 32.2. The summed E-state index contributed by atoms with van der Waals surface area (Å²) < 4.78 is 32.6. The molecule has 0 saturated carbocycles. The van der Waals surface area contributed by atoms with E-state index in [2.05, 4.69) is 31.9 Å². The highest BCUT2D eigenvalue weighted by Crippen LogP contribution is 2.18. The Morgan fingerprint density at radius 1 is 1.21 bits per heavy atom. The average molecular weight is 418 g/mol. The summed E-state index contributed by atoms with van der Waals surface area (Å²) in [5.41, 5.74) is 0.948. The summed E-state index contributed by atoms with van der Waals surface area (Å²) in [6.07, 6.45) is 4.53. The van der Waals surface area contributed by atoms with Gasteiger partial charge in [-0.2, -0.15) is 0 Å². The van der Waals surface area contributed by atoms with Gasteiger partial charge in [0.1, 0.15) is 17.3 Å². The number of aromatic nitrogens is 1. The summed E-state index contributed by atoms with van der Waals surface area (Å²) in [5.74, 6) is 1.35. The van der Waals surface area contributed by atoms with E-state index in [-0.39, 0.29) is 11.4 Å². The first-order chi connectivity index (χ1) is 14.1. The SMILES string of the molecule is C=CCOc1ccccc1CN=C(NCC)NCCNS(=O)(=O)c1cccnc1. The lowest BCUT2D eigenvalue weighted by molar-refractivity contribution is 0.359. The predicted octanol–water partition coefficient (Wildman–Crippen LogP) is 1.68. The van der Waals surface area contributed by atoms with E-state index >= 15 is 0 Å². The van der Waals surface area contributed by atoms with Crippen molar-refractivity contribution < 1.29 is 13.2 Å². The first-order valence-electron chi connectivity index (χ1n) is 9.30. The molecule has 2 rings (SSSR count). The third kappa shape index (κ3) is 7.55. The monoisotopic (exact) mass is 417 g/mol. The van der Waals surface area contributed by atoms with E-state index in [1.165, 1.54) is 18.5 Å². The Kier molecular flexibility index (Phi) is 9.13. The Bertz CT molecular complexity index is 901. The fourth-order valence-corrected chi connectivity index (χ4v) is 3.38. The number of nitrogens with one attached hydrogen (secondary N) is 3. The second-order valence-corrected chi connectivity index (χ2v) is 7.68. The highest BCUT2D eigenvalue weighted by Gasteiger charge is 2.12. The van der Waals surface area contributed by atoms with Crippen LogP contribution in [0.1, 0.15) is 12.5 Å². The van der Waals surface area contributed by atoms with Crippen LogP contribution < -0.4 is 20.1 Å². The van der Waals surface area contributed by atoms with Crippen LogP contribution in [0.5, 0.6) is 5.75 Å². The number of hydrogen-bond donors (Lipinski definition) is 3. The van der Waals surface area contributed by atoms with Crippen molar-refractivity contribution >= 4 is 16.0 Å². The quantitative estimate of drug-likeness (QED) is 0.222. The van der Waals surface area contributed by atoms with Gasteiger partial charge in [0, 0.05) is 37.6 Å². The molecule has 0 amide bonds. The number of hydrogen-bond acceptors (Lipinski definition) is 5. The van der Waals surface area contributed by atoms with E-state index in [1.807, 2.05) is 31.2 Å².